The first-order valence-corrected chi connectivity index (χ1v) is 4.72. The lowest BCUT2D eigenvalue weighted by Crippen LogP contribution is -2.26. The third-order valence-electron chi connectivity index (χ3n) is 0.764. The first kappa shape index (κ1) is 12.2. The zero-order valence-corrected chi connectivity index (χ0v) is 8.67. The largest absolute Gasteiger partial charge is 0.526 e. The molecule has 6 nitrogen and oxygen atoms in total. The van der Waals surface area contributed by atoms with Crippen LogP contribution in [0.25, 0.3) is 0 Å². The minimum Gasteiger partial charge on any atom is -0.428 e. The van der Waals surface area contributed by atoms with Gasteiger partial charge in [-0.05, 0) is 20.8 Å². The van der Waals surface area contributed by atoms with E-state index in [4.69, 9.17) is 0 Å². The van der Waals surface area contributed by atoms with Crippen molar-refractivity contribution in [2.75, 3.05) is 7.11 Å². The third kappa shape index (κ3) is 6.35. The summed E-state index contributed by atoms with van der Waals surface area (Å²) in [5, 5.41) is 0. The van der Waals surface area contributed by atoms with E-state index in [-0.39, 0.29) is 0 Å². The van der Waals surface area contributed by atoms with Crippen LogP contribution in [0.5, 0.6) is 0 Å². The molecule has 0 aliphatic rings. The average Bonchev–Trinajstić information content (AvgIpc) is 1.81. The van der Waals surface area contributed by atoms with E-state index in [0.29, 0.717) is 0 Å². The number of rotatable bonds is 2. The summed E-state index contributed by atoms with van der Waals surface area (Å²) >= 11 is 0. The van der Waals surface area contributed by atoms with Gasteiger partial charge in [-0.1, -0.05) is 0 Å². The lowest BCUT2D eigenvalue weighted by Gasteiger charge is -2.17. The molecule has 13 heavy (non-hydrogen) atoms. The van der Waals surface area contributed by atoms with Crippen LogP contribution in [0, 0.1) is 0 Å². The Kier molecular flexibility index (Phi) is 3.68. The van der Waals surface area contributed by atoms with Crippen LogP contribution in [-0.2, 0) is 23.5 Å². The lowest BCUT2D eigenvalue weighted by atomic mass is 10.2. The monoisotopic (exact) mass is 212 g/mol. The van der Waals surface area contributed by atoms with E-state index in [2.05, 4.69) is 13.1 Å². The van der Waals surface area contributed by atoms with Crippen LogP contribution in [0.1, 0.15) is 20.8 Å². The van der Waals surface area contributed by atoms with Crippen LogP contribution >= 0.6 is 0 Å². The van der Waals surface area contributed by atoms with E-state index >= 15 is 0 Å². The van der Waals surface area contributed by atoms with E-state index in [9.17, 15) is 13.2 Å². The van der Waals surface area contributed by atoms with Gasteiger partial charge in [-0.3, -0.25) is 4.18 Å². The van der Waals surface area contributed by atoms with Gasteiger partial charge in [0.15, 0.2) is 0 Å². The molecule has 0 radical (unpaired) electrons. The molecule has 0 fully saturated rings. The summed E-state index contributed by atoms with van der Waals surface area (Å²) in [7, 11) is -3.39. The predicted molar refractivity (Wildman–Crippen MR) is 43.2 cm³/mol. The fourth-order valence-electron chi connectivity index (χ4n) is 0.384. The summed E-state index contributed by atoms with van der Waals surface area (Å²) in [5.74, 6) is 0. The van der Waals surface area contributed by atoms with E-state index < -0.39 is 22.2 Å². The average molecular weight is 212 g/mol. The zero-order valence-electron chi connectivity index (χ0n) is 7.86. The summed E-state index contributed by atoms with van der Waals surface area (Å²) < 4.78 is 33.4. The summed E-state index contributed by atoms with van der Waals surface area (Å²) in [6.45, 7) is 4.73. The van der Waals surface area contributed by atoms with Crippen LogP contribution < -0.4 is 0 Å². The Morgan fingerprint density at radius 2 is 1.69 bits per heavy atom. The predicted octanol–water partition coefficient (Wildman–Crippen LogP) is 0.829. The first-order valence-electron chi connectivity index (χ1n) is 3.39. The molecule has 0 spiro atoms. The Bertz CT molecular complexity index is 272. The lowest BCUT2D eigenvalue weighted by molar-refractivity contribution is 0.0193. The molecule has 0 N–H and O–H groups in total. The highest BCUT2D eigenvalue weighted by molar-refractivity contribution is 7.82. The van der Waals surface area contributed by atoms with Gasteiger partial charge in [0.05, 0.1) is 7.11 Å². The van der Waals surface area contributed by atoms with Crippen molar-refractivity contribution in [3.63, 3.8) is 0 Å². The molecule has 0 saturated carbocycles. The minimum absolute atomic E-state index is 0.805. The third-order valence-corrected chi connectivity index (χ3v) is 1.51. The molecule has 0 amide bonds. The highest BCUT2D eigenvalue weighted by Gasteiger charge is 2.23. The van der Waals surface area contributed by atoms with Crippen molar-refractivity contribution in [2.24, 2.45) is 0 Å². The number of hydrogen-bond donors (Lipinski definition) is 0. The highest BCUT2D eigenvalue weighted by Crippen LogP contribution is 2.09. The molecule has 7 heteroatoms. The van der Waals surface area contributed by atoms with Crippen molar-refractivity contribution in [2.45, 2.75) is 26.4 Å². The molecule has 0 saturated heterocycles. The van der Waals surface area contributed by atoms with Crippen molar-refractivity contribution in [1.82, 2.24) is 0 Å². The molecule has 0 aromatic rings. The molecule has 0 aromatic carbocycles. The summed E-state index contributed by atoms with van der Waals surface area (Å²) in [6, 6.07) is 0. The molecule has 0 atom stereocenters. The maximum Gasteiger partial charge on any atom is 0.526 e. The highest BCUT2D eigenvalue weighted by atomic mass is 32.3. The Hall–Kier alpha value is -0.820. The van der Waals surface area contributed by atoms with Gasteiger partial charge >= 0.3 is 16.6 Å². The fraction of sp³-hybridized carbons (Fsp3) is 0.833. The van der Waals surface area contributed by atoms with Gasteiger partial charge in [0, 0.05) is 0 Å². The maximum absolute atomic E-state index is 10.7. The van der Waals surface area contributed by atoms with Crippen LogP contribution in [0.4, 0.5) is 4.79 Å². The molecule has 78 valence electrons. The van der Waals surface area contributed by atoms with E-state index in [1.165, 1.54) is 0 Å². The van der Waals surface area contributed by atoms with Crippen LogP contribution in [0.3, 0.4) is 0 Å². The molecule has 0 unspecified atom stereocenters. The van der Waals surface area contributed by atoms with Gasteiger partial charge in [-0.25, -0.2) is 8.98 Å². The molecule has 0 aliphatic heterocycles. The van der Waals surface area contributed by atoms with Crippen molar-refractivity contribution in [1.29, 1.82) is 0 Å². The summed E-state index contributed by atoms with van der Waals surface area (Å²) in [6.07, 6.45) is -1.31. The normalized spacial score (nSPS) is 12.3. The number of carbonyl (C=O) groups is 1. The van der Waals surface area contributed by atoms with Crippen LogP contribution in [-0.4, -0.2) is 27.3 Å². The van der Waals surface area contributed by atoms with Gasteiger partial charge in [-0.2, -0.15) is 8.42 Å². The number of hydrogen-bond acceptors (Lipinski definition) is 6. The Morgan fingerprint density at radius 1 is 1.23 bits per heavy atom. The smallest absolute Gasteiger partial charge is 0.428 e. The molecule has 0 aliphatic carbocycles. The summed E-state index contributed by atoms with van der Waals surface area (Å²) in [5.41, 5.74) is -0.805. The molecular weight excluding hydrogens is 200 g/mol. The van der Waals surface area contributed by atoms with Gasteiger partial charge in [0.2, 0.25) is 0 Å². The quantitative estimate of drug-likeness (QED) is 0.631. The van der Waals surface area contributed by atoms with Gasteiger partial charge in [-0.15, -0.1) is 0 Å². The molecule has 0 heterocycles. The van der Waals surface area contributed by atoms with Crippen LogP contribution in [0.2, 0.25) is 0 Å². The van der Waals surface area contributed by atoms with Crippen molar-refractivity contribution in [3.8, 4) is 0 Å². The van der Waals surface area contributed by atoms with Crippen LogP contribution in [0.15, 0.2) is 0 Å². The second-order valence-corrected chi connectivity index (χ2v) is 4.44. The SMILES string of the molecule is COS(=O)(=O)OC(=O)OC(C)(C)C. The van der Waals surface area contributed by atoms with Gasteiger partial charge < -0.3 is 4.74 Å². The Labute approximate surface area is 77.1 Å². The maximum atomic E-state index is 10.7. The van der Waals surface area contributed by atoms with Gasteiger partial charge in [0.25, 0.3) is 0 Å². The second kappa shape index (κ2) is 3.93. The van der Waals surface area contributed by atoms with Crippen molar-refractivity contribution in [3.05, 3.63) is 0 Å². The van der Waals surface area contributed by atoms with E-state index in [1.807, 2.05) is 0 Å². The van der Waals surface area contributed by atoms with E-state index in [0.717, 1.165) is 7.11 Å². The van der Waals surface area contributed by atoms with Crippen molar-refractivity contribution < 1.29 is 26.3 Å². The second-order valence-electron chi connectivity index (χ2n) is 3.12. The van der Waals surface area contributed by atoms with Gasteiger partial charge in [0.1, 0.15) is 5.60 Å². The number of ether oxygens (including phenoxy) is 1. The molecule has 0 aromatic heterocycles. The standard InChI is InChI=1S/C6H12O6S/c1-6(2,3)11-5(7)12-13(8,9)10-4/h1-4H3. The topological polar surface area (TPSA) is 78.9 Å². The molecule has 0 bridgehead atoms. The van der Waals surface area contributed by atoms with Crippen molar-refractivity contribution >= 4 is 16.6 Å². The molecular formula is C6H12O6S. The fourth-order valence-corrected chi connectivity index (χ4v) is 0.653. The van der Waals surface area contributed by atoms with E-state index in [1.54, 1.807) is 20.8 Å². The zero-order chi connectivity index (χ0) is 10.7. The minimum atomic E-state index is -4.27. The number of carbonyl (C=O) groups excluding carboxylic acids is 1. The Balaban J connectivity index is 4.19. The first-order chi connectivity index (χ1) is 5.66. The summed E-state index contributed by atoms with van der Waals surface area (Å²) in [4.78, 5) is 10.7. The Morgan fingerprint density at radius 3 is 2.00 bits per heavy atom. The molecule has 0 rings (SSSR count).